The van der Waals surface area contributed by atoms with Crippen molar-refractivity contribution in [3.05, 3.63) is 111 Å². The van der Waals surface area contributed by atoms with Crippen LogP contribution in [0.1, 0.15) is 39.5 Å². The van der Waals surface area contributed by atoms with E-state index in [9.17, 15) is 19.5 Å². The zero-order chi connectivity index (χ0) is 25.7. The summed E-state index contributed by atoms with van der Waals surface area (Å²) >= 11 is 0. The number of rotatable bonds is 9. The molecule has 1 aromatic heterocycles. The van der Waals surface area contributed by atoms with Gasteiger partial charge in [-0.05, 0) is 65.8 Å². The molecule has 1 heterocycles. The number of carbonyl (C=O) groups excluding carboxylic acids is 1. The highest BCUT2D eigenvalue weighted by molar-refractivity contribution is 5.91. The molecule has 0 atom stereocenters. The van der Waals surface area contributed by atoms with E-state index in [-0.39, 0.29) is 42.5 Å². The monoisotopic (exact) mass is 484 g/mol. The molecule has 4 rings (SSSR count). The van der Waals surface area contributed by atoms with Gasteiger partial charge in [0.15, 0.2) is 6.61 Å². The lowest BCUT2D eigenvalue weighted by Crippen LogP contribution is -2.36. The number of nitrogens with zero attached hydrogens (tertiary/aromatic N) is 1. The van der Waals surface area contributed by atoms with Crippen LogP contribution >= 0.6 is 0 Å². The summed E-state index contributed by atoms with van der Waals surface area (Å²) in [6, 6.07) is 21.9. The molecule has 0 saturated carbocycles. The molecule has 4 aromatic rings. The van der Waals surface area contributed by atoms with E-state index in [4.69, 9.17) is 4.74 Å². The van der Waals surface area contributed by atoms with E-state index in [1.165, 1.54) is 6.07 Å². The van der Waals surface area contributed by atoms with Crippen molar-refractivity contribution < 1.29 is 19.4 Å². The van der Waals surface area contributed by atoms with Crippen LogP contribution in [0.3, 0.4) is 0 Å². The molecule has 0 spiro atoms. The summed E-state index contributed by atoms with van der Waals surface area (Å²) < 4.78 is 5.67. The molecule has 0 saturated heterocycles. The predicted molar refractivity (Wildman–Crippen MR) is 138 cm³/mol. The molecule has 7 nitrogen and oxygen atoms in total. The number of nitrogens with one attached hydrogen (secondary N) is 1. The molecular formula is C29H28N2O5. The molecule has 1 amide bonds. The smallest absolute Gasteiger partial charge is 0.339 e. The minimum Gasteiger partial charge on any atom is -0.483 e. The van der Waals surface area contributed by atoms with Gasteiger partial charge in [0.25, 0.3) is 11.5 Å². The number of H-pyrrole nitrogens is 1. The lowest BCUT2D eigenvalue weighted by molar-refractivity contribution is -0.134. The van der Waals surface area contributed by atoms with Crippen molar-refractivity contribution in [3.63, 3.8) is 0 Å². The number of carbonyl (C=O) groups is 2. The average molecular weight is 485 g/mol. The number of carboxylic acid groups (broad SMARTS) is 1. The zero-order valence-corrected chi connectivity index (χ0v) is 20.3. The second kappa shape index (κ2) is 10.9. The molecule has 0 bridgehead atoms. The highest BCUT2D eigenvalue weighted by atomic mass is 16.5. The van der Waals surface area contributed by atoms with Crippen LogP contribution < -0.4 is 10.3 Å². The molecule has 0 fully saturated rings. The number of hydrogen-bond acceptors (Lipinski definition) is 4. The molecule has 0 radical (unpaired) electrons. The number of hydrogen-bond donors (Lipinski definition) is 2. The highest BCUT2D eigenvalue weighted by Crippen LogP contribution is 2.21. The van der Waals surface area contributed by atoms with Gasteiger partial charge in [-0.1, -0.05) is 49.4 Å². The summed E-state index contributed by atoms with van der Waals surface area (Å²) in [4.78, 5) is 42.2. The fourth-order valence-electron chi connectivity index (χ4n) is 4.04. The number of amides is 1. The van der Waals surface area contributed by atoms with Gasteiger partial charge >= 0.3 is 5.97 Å². The lowest BCUT2D eigenvalue weighted by atomic mass is 10.1. The predicted octanol–water partition coefficient (Wildman–Crippen LogP) is 4.70. The van der Waals surface area contributed by atoms with Gasteiger partial charge < -0.3 is 19.7 Å². The SMILES string of the molecule is CCc1ccc2[nH]c(=O)c(CN(Cc3ccccc3)C(=O)COc3cc(C)ccc3C(=O)O)cc2c1. The van der Waals surface area contributed by atoms with Crippen molar-refractivity contribution in [2.45, 2.75) is 33.4 Å². The largest absolute Gasteiger partial charge is 0.483 e. The molecule has 0 aliphatic carbocycles. The summed E-state index contributed by atoms with van der Waals surface area (Å²) in [6.45, 7) is 3.88. The first-order valence-electron chi connectivity index (χ1n) is 11.8. The Labute approximate surface area is 209 Å². The van der Waals surface area contributed by atoms with Gasteiger partial charge in [-0.2, -0.15) is 0 Å². The van der Waals surface area contributed by atoms with Crippen LogP contribution in [0.15, 0.2) is 77.6 Å². The van der Waals surface area contributed by atoms with Crippen LogP contribution in [0.5, 0.6) is 5.75 Å². The Hall–Kier alpha value is -4.39. The molecule has 2 N–H and O–H groups in total. The van der Waals surface area contributed by atoms with E-state index < -0.39 is 5.97 Å². The van der Waals surface area contributed by atoms with Crippen LogP contribution in [-0.4, -0.2) is 33.5 Å². The second-order valence-corrected chi connectivity index (χ2v) is 8.73. The molecule has 0 aliphatic rings. The number of pyridine rings is 1. The number of aromatic amines is 1. The normalized spacial score (nSPS) is 10.8. The van der Waals surface area contributed by atoms with Crippen molar-refractivity contribution in [1.29, 1.82) is 0 Å². The first kappa shape index (κ1) is 24.7. The number of aromatic nitrogens is 1. The van der Waals surface area contributed by atoms with Gasteiger partial charge in [-0.15, -0.1) is 0 Å². The zero-order valence-electron chi connectivity index (χ0n) is 20.3. The second-order valence-electron chi connectivity index (χ2n) is 8.73. The Bertz CT molecular complexity index is 1460. The molecule has 0 unspecified atom stereocenters. The van der Waals surface area contributed by atoms with Crippen LogP contribution in [-0.2, 0) is 24.3 Å². The van der Waals surface area contributed by atoms with Crippen molar-refractivity contribution in [3.8, 4) is 5.75 Å². The number of fused-ring (bicyclic) bond motifs is 1. The third kappa shape index (κ3) is 5.81. The fourth-order valence-corrected chi connectivity index (χ4v) is 4.04. The Kier molecular flexibility index (Phi) is 7.49. The minimum atomic E-state index is -1.13. The van der Waals surface area contributed by atoms with E-state index in [0.29, 0.717) is 5.56 Å². The number of benzene rings is 3. The standard InChI is InChI=1S/C29H28N2O5/c1-3-20-10-12-25-22(14-20)15-23(28(33)30-25)17-31(16-21-7-5-4-6-8-21)27(32)18-36-26-13-19(2)9-11-24(26)29(34)35/h4-15H,3,16-18H2,1-2H3,(H,30,33)(H,34,35). The molecule has 36 heavy (non-hydrogen) atoms. The van der Waals surface area contributed by atoms with Crippen LogP contribution in [0.25, 0.3) is 10.9 Å². The van der Waals surface area contributed by atoms with Crippen molar-refractivity contribution in [2.75, 3.05) is 6.61 Å². The number of carboxylic acids is 1. The quantitative estimate of drug-likeness (QED) is 0.359. The summed E-state index contributed by atoms with van der Waals surface area (Å²) in [7, 11) is 0. The van der Waals surface area contributed by atoms with Crippen molar-refractivity contribution in [2.24, 2.45) is 0 Å². The minimum absolute atomic E-state index is 0.0132. The van der Waals surface area contributed by atoms with E-state index >= 15 is 0 Å². The van der Waals surface area contributed by atoms with Crippen molar-refractivity contribution >= 4 is 22.8 Å². The maximum absolute atomic E-state index is 13.3. The highest BCUT2D eigenvalue weighted by Gasteiger charge is 2.19. The summed E-state index contributed by atoms with van der Waals surface area (Å²) in [5, 5.41) is 10.4. The summed E-state index contributed by atoms with van der Waals surface area (Å²) in [6.07, 6.45) is 0.873. The van der Waals surface area contributed by atoms with Crippen LogP contribution in [0.4, 0.5) is 0 Å². The summed E-state index contributed by atoms with van der Waals surface area (Å²) in [5.74, 6) is -1.36. The average Bonchev–Trinajstić information content (AvgIpc) is 2.87. The molecule has 184 valence electrons. The summed E-state index contributed by atoms with van der Waals surface area (Å²) in [5.41, 5.74) is 3.80. The van der Waals surface area contributed by atoms with Crippen molar-refractivity contribution in [1.82, 2.24) is 9.88 Å². The van der Waals surface area contributed by atoms with Gasteiger partial charge in [0.05, 0.1) is 6.54 Å². The van der Waals surface area contributed by atoms with E-state index in [0.717, 1.165) is 34.0 Å². The topological polar surface area (TPSA) is 99.7 Å². The molecular weight excluding hydrogens is 456 g/mol. The maximum Gasteiger partial charge on any atom is 0.339 e. The van der Waals surface area contributed by atoms with Gasteiger partial charge in [0.1, 0.15) is 11.3 Å². The van der Waals surface area contributed by atoms with Gasteiger partial charge in [-0.25, -0.2) is 4.79 Å². The van der Waals surface area contributed by atoms with Gasteiger partial charge in [0, 0.05) is 17.6 Å². The van der Waals surface area contributed by atoms with Gasteiger partial charge in [0.2, 0.25) is 0 Å². The molecule has 3 aromatic carbocycles. The van der Waals surface area contributed by atoms with E-state index in [1.54, 1.807) is 17.0 Å². The molecule has 0 aliphatic heterocycles. The first-order chi connectivity index (χ1) is 17.3. The third-order valence-electron chi connectivity index (χ3n) is 6.04. The lowest BCUT2D eigenvalue weighted by Gasteiger charge is -2.23. The number of aryl methyl sites for hydroxylation is 2. The third-order valence-corrected chi connectivity index (χ3v) is 6.04. The number of ether oxygens (including phenoxy) is 1. The first-order valence-corrected chi connectivity index (χ1v) is 11.8. The van der Waals surface area contributed by atoms with E-state index in [2.05, 4.69) is 11.9 Å². The Morgan fingerprint density at radius 1 is 0.944 bits per heavy atom. The molecule has 7 heteroatoms. The van der Waals surface area contributed by atoms with E-state index in [1.807, 2.05) is 61.5 Å². The number of aromatic carboxylic acids is 1. The maximum atomic E-state index is 13.3. The Morgan fingerprint density at radius 2 is 1.72 bits per heavy atom. The Balaban J connectivity index is 1.61. The Morgan fingerprint density at radius 3 is 2.44 bits per heavy atom. The van der Waals surface area contributed by atoms with Gasteiger partial charge in [-0.3, -0.25) is 9.59 Å². The van der Waals surface area contributed by atoms with Crippen LogP contribution in [0.2, 0.25) is 0 Å². The van der Waals surface area contributed by atoms with Crippen LogP contribution in [0, 0.1) is 6.92 Å². The fraction of sp³-hybridized carbons (Fsp3) is 0.207.